The largest absolute Gasteiger partial charge is 0.494 e. The number of anilines is 1. The van der Waals surface area contributed by atoms with Gasteiger partial charge in [0.05, 0.1) is 21.8 Å². The molecular weight excluding hydrogens is 385 g/mol. The molecular formula is C19H23BClNO4S. The number of halogens is 1. The van der Waals surface area contributed by atoms with Crippen molar-refractivity contribution in [2.75, 3.05) is 4.72 Å². The third kappa shape index (κ3) is 3.87. The van der Waals surface area contributed by atoms with Gasteiger partial charge in [-0.25, -0.2) is 8.42 Å². The molecule has 3 rings (SSSR count). The topological polar surface area (TPSA) is 64.6 Å². The minimum Gasteiger partial charge on any atom is -0.399 e. The van der Waals surface area contributed by atoms with Crippen molar-refractivity contribution in [1.29, 1.82) is 0 Å². The van der Waals surface area contributed by atoms with Crippen LogP contribution in [0.25, 0.3) is 0 Å². The van der Waals surface area contributed by atoms with Gasteiger partial charge in [0, 0.05) is 5.02 Å². The van der Waals surface area contributed by atoms with Crippen molar-refractivity contribution in [1.82, 2.24) is 0 Å². The number of hydrogen-bond acceptors (Lipinski definition) is 4. The Morgan fingerprint density at radius 2 is 1.52 bits per heavy atom. The molecule has 0 atom stereocenters. The molecule has 144 valence electrons. The highest BCUT2D eigenvalue weighted by atomic mass is 35.5. The second kappa shape index (κ2) is 6.81. The Morgan fingerprint density at radius 3 is 2.07 bits per heavy atom. The Balaban J connectivity index is 1.82. The van der Waals surface area contributed by atoms with E-state index in [4.69, 9.17) is 20.9 Å². The van der Waals surface area contributed by atoms with Crippen molar-refractivity contribution in [3.8, 4) is 0 Å². The summed E-state index contributed by atoms with van der Waals surface area (Å²) >= 11 is 6.07. The first-order valence-electron chi connectivity index (χ1n) is 8.66. The Hall–Kier alpha value is -1.54. The van der Waals surface area contributed by atoms with Crippen molar-refractivity contribution in [3.63, 3.8) is 0 Å². The molecule has 2 aromatic carbocycles. The normalized spacial score (nSPS) is 18.5. The van der Waals surface area contributed by atoms with E-state index in [1.165, 1.54) is 0 Å². The van der Waals surface area contributed by atoms with E-state index in [0.717, 1.165) is 5.46 Å². The number of hydrogen-bond donors (Lipinski definition) is 1. The molecule has 1 saturated heterocycles. The second-order valence-electron chi connectivity index (χ2n) is 7.68. The molecule has 1 heterocycles. The minimum atomic E-state index is -3.73. The zero-order chi connectivity index (χ0) is 20.0. The summed E-state index contributed by atoms with van der Waals surface area (Å²) in [7, 11) is -4.26. The van der Waals surface area contributed by atoms with E-state index in [2.05, 4.69) is 4.72 Å². The van der Waals surface area contributed by atoms with Crippen molar-refractivity contribution >= 4 is 39.9 Å². The van der Waals surface area contributed by atoms with E-state index in [1.807, 2.05) is 27.7 Å². The third-order valence-corrected chi connectivity index (χ3v) is 7.02. The van der Waals surface area contributed by atoms with Crippen LogP contribution in [0.5, 0.6) is 0 Å². The fraction of sp³-hybridized carbons (Fsp3) is 0.368. The molecule has 1 aliphatic heterocycles. The van der Waals surface area contributed by atoms with E-state index in [0.29, 0.717) is 16.3 Å². The summed E-state index contributed by atoms with van der Waals surface area (Å²) in [5.41, 5.74) is 1.00. The number of nitrogens with one attached hydrogen (secondary N) is 1. The molecule has 1 N–H and O–H groups in total. The maximum Gasteiger partial charge on any atom is 0.494 e. The van der Waals surface area contributed by atoms with Crippen molar-refractivity contribution in [3.05, 3.63) is 53.1 Å². The van der Waals surface area contributed by atoms with Gasteiger partial charge in [-0.1, -0.05) is 29.8 Å². The van der Waals surface area contributed by atoms with E-state index in [9.17, 15) is 8.42 Å². The van der Waals surface area contributed by atoms with Crippen molar-refractivity contribution < 1.29 is 17.7 Å². The van der Waals surface area contributed by atoms with Crippen LogP contribution in [0, 0.1) is 6.92 Å². The molecule has 2 aromatic rings. The number of benzene rings is 2. The summed E-state index contributed by atoms with van der Waals surface area (Å²) in [6, 6.07) is 11.6. The summed E-state index contributed by atoms with van der Waals surface area (Å²) in [4.78, 5) is 0.155. The molecule has 1 fully saturated rings. The maximum atomic E-state index is 12.7. The average Bonchev–Trinajstić information content (AvgIpc) is 2.80. The van der Waals surface area contributed by atoms with Crippen LogP contribution in [0.15, 0.2) is 47.4 Å². The zero-order valence-electron chi connectivity index (χ0n) is 16.0. The monoisotopic (exact) mass is 407 g/mol. The minimum absolute atomic E-state index is 0.155. The highest BCUT2D eigenvalue weighted by molar-refractivity contribution is 7.92. The van der Waals surface area contributed by atoms with Crippen molar-refractivity contribution in [2.45, 2.75) is 50.7 Å². The Bertz CT molecular complexity index is 942. The molecule has 0 spiro atoms. The van der Waals surface area contributed by atoms with Crippen LogP contribution < -0.4 is 10.2 Å². The van der Waals surface area contributed by atoms with Crippen LogP contribution in [0.4, 0.5) is 5.69 Å². The first kappa shape index (κ1) is 20.2. The fourth-order valence-corrected chi connectivity index (χ4v) is 4.00. The lowest BCUT2D eigenvalue weighted by Gasteiger charge is -2.32. The number of rotatable bonds is 4. The molecule has 0 aromatic heterocycles. The van der Waals surface area contributed by atoms with E-state index in [-0.39, 0.29) is 4.90 Å². The van der Waals surface area contributed by atoms with Gasteiger partial charge in [-0.15, -0.1) is 0 Å². The fourth-order valence-electron chi connectivity index (χ4n) is 2.70. The van der Waals surface area contributed by atoms with Gasteiger partial charge in [0.25, 0.3) is 10.0 Å². The summed E-state index contributed by atoms with van der Waals surface area (Å²) in [6.07, 6.45) is 0. The van der Waals surface area contributed by atoms with E-state index < -0.39 is 28.3 Å². The van der Waals surface area contributed by atoms with Crippen LogP contribution in [-0.2, 0) is 19.3 Å². The smallest absolute Gasteiger partial charge is 0.399 e. The Kier molecular flexibility index (Phi) is 5.10. The van der Waals surface area contributed by atoms with Crippen LogP contribution in [0.2, 0.25) is 5.02 Å². The molecule has 0 unspecified atom stereocenters. The molecule has 5 nitrogen and oxygen atoms in total. The quantitative estimate of drug-likeness (QED) is 0.784. The standard InChI is InChI=1S/C19H23BClNO4S/c1-13-16(21)7-6-8-17(13)22-27(23,24)15-11-9-14(10-12-15)20-25-18(2,3)19(4,5)26-20/h6-12,22H,1-5H3. The van der Waals surface area contributed by atoms with Gasteiger partial charge >= 0.3 is 7.12 Å². The third-order valence-electron chi connectivity index (χ3n) is 5.23. The van der Waals surface area contributed by atoms with E-state index >= 15 is 0 Å². The molecule has 27 heavy (non-hydrogen) atoms. The lowest BCUT2D eigenvalue weighted by molar-refractivity contribution is 0.00578. The maximum absolute atomic E-state index is 12.7. The summed E-state index contributed by atoms with van der Waals surface area (Å²) in [5.74, 6) is 0. The molecule has 0 aliphatic carbocycles. The average molecular weight is 408 g/mol. The second-order valence-corrected chi connectivity index (χ2v) is 9.76. The SMILES string of the molecule is Cc1c(Cl)cccc1NS(=O)(=O)c1ccc(B2OC(C)(C)C(C)(C)O2)cc1. The van der Waals surface area contributed by atoms with Crippen molar-refractivity contribution in [2.24, 2.45) is 0 Å². The van der Waals surface area contributed by atoms with Gasteiger partial charge in [0.2, 0.25) is 0 Å². The van der Waals surface area contributed by atoms with Crippen LogP contribution >= 0.6 is 11.6 Å². The summed E-state index contributed by atoms with van der Waals surface area (Å²) in [5, 5.41) is 0.506. The summed E-state index contributed by atoms with van der Waals surface area (Å²) < 4.78 is 40.0. The molecule has 0 bridgehead atoms. The van der Waals surface area contributed by atoms with Gasteiger partial charge in [-0.05, 0) is 69.9 Å². The van der Waals surface area contributed by atoms with Gasteiger partial charge < -0.3 is 9.31 Å². The highest BCUT2D eigenvalue weighted by Gasteiger charge is 2.51. The zero-order valence-corrected chi connectivity index (χ0v) is 17.6. The molecule has 0 amide bonds. The van der Waals surface area contributed by atoms with Gasteiger partial charge in [-0.2, -0.15) is 0 Å². The van der Waals surface area contributed by atoms with Gasteiger partial charge in [0.15, 0.2) is 0 Å². The molecule has 8 heteroatoms. The first-order valence-corrected chi connectivity index (χ1v) is 10.5. The molecule has 0 saturated carbocycles. The highest BCUT2D eigenvalue weighted by Crippen LogP contribution is 2.36. The molecule has 0 radical (unpaired) electrons. The van der Waals surface area contributed by atoms with Crippen LogP contribution in [0.1, 0.15) is 33.3 Å². The van der Waals surface area contributed by atoms with Gasteiger partial charge in [0.1, 0.15) is 0 Å². The first-order chi connectivity index (χ1) is 12.4. The summed E-state index contributed by atoms with van der Waals surface area (Å²) in [6.45, 7) is 9.67. The van der Waals surface area contributed by atoms with Crippen LogP contribution in [-0.4, -0.2) is 26.7 Å². The van der Waals surface area contributed by atoms with Gasteiger partial charge in [-0.3, -0.25) is 4.72 Å². The lowest BCUT2D eigenvalue weighted by atomic mass is 9.79. The molecule has 1 aliphatic rings. The Labute approximate surface area is 166 Å². The lowest BCUT2D eigenvalue weighted by Crippen LogP contribution is -2.41. The number of sulfonamides is 1. The Morgan fingerprint density at radius 1 is 0.963 bits per heavy atom. The predicted octanol–water partition coefficient (Wildman–Crippen LogP) is 3.75. The predicted molar refractivity (Wildman–Crippen MR) is 109 cm³/mol. The van der Waals surface area contributed by atoms with Crippen LogP contribution in [0.3, 0.4) is 0 Å². The van der Waals surface area contributed by atoms with E-state index in [1.54, 1.807) is 49.4 Å².